The van der Waals surface area contributed by atoms with Crippen LogP contribution in [0.3, 0.4) is 0 Å². The van der Waals surface area contributed by atoms with Crippen LogP contribution in [0.2, 0.25) is 0 Å². The molecular weight excluding hydrogens is 278 g/mol. The van der Waals surface area contributed by atoms with Crippen molar-refractivity contribution in [3.63, 3.8) is 0 Å². The Kier molecular flexibility index (Phi) is 6.16. The molecule has 1 amide bonds. The number of nitrogens with zero attached hydrogens (tertiary/aromatic N) is 1. The summed E-state index contributed by atoms with van der Waals surface area (Å²) >= 11 is 1.83. The van der Waals surface area contributed by atoms with Gasteiger partial charge >= 0.3 is 0 Å². The van der Waals surface area contributed by atoms with Crippen LogP contribution in [-0.4, -0.2) is 29.6 Å². The van der Waals surface area contributed by atoms with Gasteiger partial charge in [-0.25, -0.2) is 0 Å². The summed E-state index contributed by atoms with van der Waals surface area (Å²) in [5.74, 6) is 0.852. The van der Waals surface area contributed by atoms with Gasteiger partial charge < -0.3 is 4.90 Å². The van der Waals surface area contributed by atoms with E-state index in [2.05, 4.69) is 26.0 Å². The Balaban J connectivity index is 1.91. The van der Waals surface area contributed by atoms with Gasteiger partial charge in [-0.2, -0.15) is 0 Å². The van der Waals surface area contributed by atoms with Crippen LogP contribution in [0.5, 0.6) is 0 Å². The zero-order valence-electron chi connectivity index (χ0n) is 13.5. The zero-order chi connectivity index (χ0) is 15.2. The van der Waals surface area contributed by atoms with E-state index in [1.165, 1.54) is 37.0 Å². The summed E-state index contributed by atoms with van der Waals surface area (Å²) in [6, 6.07) is 8.05. The smallest absolute Gasteiger partial charge is 0.253 e. The second-order valence-electron chi connectivity index (χ2n) is 6.38. The Hall–Kier alpha value is -0.960. The Morgan fingerprint density at radius 3 is 2.38 bits per heavy atom. The van der Waals surface area contributed by atoms with Gasteiger partial charge in [0.2, 0.25) is 0 Å². The molecule has 0 radical (unpaired) electrons. The van der Waals surface area contributed by atoms with E-state index in [0.717, 1.165) is 12.1 Å². The quantitative estimate of drug-likeness (QED) is 0.726. The average molecular weight is 305 g/mol. The van der Waals surface area contributed by atoms with E-state index >= 15 is 0 Å². The van der Waals surface area contributed by atoms with Gasteiger partial charge in [-0.3, -0.25) is 4.79 Å². The Morgan fingerprint density at radius 1 is 1.19 bits per heavy atom. The molecule has 1 aliphatic carbocycles. The molecule has 0 N–H and O–H groups in total. The van der Waals surface area contributed by atoms with Gasteiger partial charge in [0.1, 0.15) is 0 Å². The van der Waals surface area contributed by atoms with E-state index in [4.69, 9.17) is 0 Å². The van der Waals surface area contributed by atoms with Crippen LogP contribution in [0.25, 0.3) is 0 Å². The molecule has 1 fully saturated rings. The van der Waals surface area contributed by atoms with Crippen molar-refractivity contribution in [3.8, 4) is 0 Å². The predicted molar refractivity (Wildman–Crippen MR) is 91.0 cm³/mol. The third-order valence-corrected chi connectivity index (χ3v) is 5.09. The molecule has 0 heterocycles. The number of carbonyl (C=O) groups is 1. The molecule has 2 rings (SSSR count). The van der Waals surface area contributed by atoms with E-state index in [-0.39, 0.29) is 5.91 Å². The number of hydrogen-bond donors (Lipinski definition) is 0. The normalized spacial score (nSPS) is 16.2. The number of thioether (sulfide) groups is 1. The molecule has 0 spiro atoms. The Bertz CT molecular complexity index is 449. The lowest BCUT2D eigenvalue weighted by Crippen LogP contribution is -2.32. The molecular formula is C18H27NOS. The second kappa shape index (κ2) is 7.88. The third kappa shape index (κ3) is 5.06. The molecule has 3 heteroatoms. The van der Waals surface area contributed by atoms with E-state index in [0.29, 0.717) is 11.2 Å². The van der Waals surface area contributed by atoms with Crippen molar-refractivity contribution in [1.82, 2.24) is 4.90 Å². The summed E-state index contributed by atoms with van der Waals surface area (Å²) in [5.41, 5.74) is 0.807. The van der Waals surface area contributed by atoms with Crippen molar-refractivity contribution in [2.24, 2.45) is 5.92 Å². The van der Waals surface area contributed by atoms with Crippen LogP contribution in [0.15, 0.2) is 29.2 Å². The SMILES string of the molecule is CC(C)Sc1ccc(C(=O)N(C)CC2CCCCC2)cc1. The van der Waals surface area contributed by atoms with Gasteiger partial charge in [0.05, 0.1) is 0 Å². The molecule has 0 aromatic heterocycles. The van der Waals surface area contributed by atoms with Crippen LogP contribution in [0, 0.1) is 5.92 Å². The van der Waals surface area contributed by atoms with Crippen LogP contribution >= 0.6 is 11.8 Å². The van der Waals surface area contributed by atoms with E-state index in [1.807, 2.05) is 35.8 Å². The fraction of sp³-hybridized carbons (Fsp3) is 0.611. The van der Waals surface area contributed by atoms with Crippen molar-refractivity contribution in [2.75, 3.05) is 13.6 Å². The lowest BCUT2D eigenvalue weighted by atomic mass is 9.89. The minimum atomic E-state index is 0.154. The van der Waals surface area contributed by atoms with Crippen LogP contribution in [0.1, 0.15) is 56.3 Å². The number of carbonyl (C=O) groups excluding carboxylic acids is 1. The molecule has 0 atom stereocenters. The van der Waals surface area contributed by atoms with Crippen molar-refractivity contribution in [1.29, 1.82) is 0 Å². The lowest BCUT2D eigenvalue weighted by Gasteiger charge is -2.27. The minimum absolute atomic E-state index is 0.154. The zero-order valence-corrected chi connectivity index (χ0v) is 14.3. The van der Waals surface area contributed by atoms with Crippen molar-refractivity contribution >= 4 is 17.7 Å². The monoisotopic (exact) mass is 305 g/mol. The largest absolute Gasteiger partial charge is 0.341 e. The van der Waals surface area contributed by atoms with E-state index in [1.54, 1.807) is 0 Å². The first kappa shape index (κ1) is 16.4. The Morgan fingerprint density at radius 2 is 1.81 bits per heavy atom. The maximum Gasteiger partial charge on any atom is 0.253 e. The summed E-state index contributed by atoms with van der Waals surface area (Å²) in [4.78, 5) is 15.6. The molecule has 1 saturated carbocycles. The van der Waals surface area contributed by atoms with Crippen LogP contribution < -0.4 is 0 Å². The van der Waals surface area contributed by atoms with Gasteiger partial charge in [0.25, 0.3) is 5.91 Å². The first-order chi connectivity index (χ1) is 10.1. The minimum Gasteiger partial charge on any atom is -0.341 e. The first-order valence-corrected chi connectivity index (χ1v) is 8.96. The molecule has 0 bridgehead atoms. The van der Waals surface area contributed by atoms with Crippen molar-refractivity contribution in [3.05, 3.63) is 29.8 Å². The number of amides is 1. The van der Waals surface area contributed by atoms with Crippen LogP contribution in [-0.2, 0) is 0 Å². The van der Waals surface area contributed by atoms with Gasteiger partial charge in [-0.15, -0.1) is 11.8 Å². The molecule has 0 unspecified atom stereocenters. The maximum absolute atomic E-state index is 12.5. The molecule has 2 nitrogen and oxygen atoms in total. The fourth-order valence-corrected chi connectivity index (χ4v) is 3.85. The highest BCUT2D eigenvalue weighted by atomic mass is 32.2. The molecule has 0 aliphatic heterocycles. The summed E-state index contributed by atoms with van der Waals surface area (Å²) < 4.78 is 0. The van der Waals surface area contributed by atoms with Gasteiger partial charge in [-0.05, 0) is 43.0 Å². The summed E-state index contributed by atoms with van der Waals surface area (Å²) in [6.45, 7) is 5.27. The standard InChI is InChI=1S/C18H27NOS/c1-14(2)21-17-11-9-16(10-12-17)18(20)19(3)13-15-7-5-4-6-8-15/h9-12,14-15H,4-8,13H2,1-3H3. The number of rotatable bonds is 5. The number of hydrogen-bond acceptors (Lipinski definition) is 2. The molecule has 1 aromatic carbocycles. The molecule has 1 aliphatic rings. The highest BCUT2D eigenvalue weighted by molar-refractivity contribution is 7.99. The summed E-state index contributed by atoms with van der Waals surface area (Å²) in [5, 5.41) is 0.570. The first-order valence-electron chi connectivity index (χ1n) is 8.08. The molecule has 21 heavy (non-hydrogen) atoms. The summed E-state index contributed by atoms with van der Waals surface area (Å²) in [7, 11) is 1.94. The van der Waals surface area contributed by atoms with E-state index in [9.17, 15) is 4.79 Å². The fourth-order valence-electron chi connectivity index (χ4n) is 3.01. The molecule has 0 saturated heterocycles. The summed E-state index contributed by atoms with van der Waals surface area (Å²) in [6.07, 6.45) is 6.58. The molecule has 1 aromatic rings. The highest BCUT2D eigenvalue weighted by Crippen LogP contribution is 2.25. The highest BCUT2D eigenvalue weighted by Gasteiger charge is 2.19. The third-order valence-electron chi connectivity index (χ3n) is 4.08. The van der Waals surface area contributed by atoms with Crippen LogP contribution in [0.4, 0.5) is 0 Å². The Labute approximate surface area is 133 Å². The van der Waals surface area contributed by atoms with Gasteiger partial charge in [0.15, 0.2) is 0 Å². The van der Waals surface area contributed by atoms with E-state index < -0.39 is 0 Å². The van der Waals surface area contributed by atoms with Crippen molar-refractivity contribution in [2.45, 2.75) is 56.1 Å². The topological polar surface area (TPSA) is 20.3 Å². The van der Waals surface area contributed by atoms with Crippen molar-refractivity contribution < 1.29 is 4.79 Å². The average Bonchev–Trinajstić information content (AvgIpc) is 2.47. The maximum atomic E-state index is 12.5. The molecule has 116 valence electrons. The second-order valence-corrected chi connectivity index (χ2v) is 8.03. The predicted octanol–water partition coefficient (Wildman–Crippen LogP) is 4.84. The van der Waals surface area contributed by atoms with Gasteiger partial charge in [-0.1, -0.05) is 33.1 Å². The number of benzene rings is 1. The van der Waals surface area contributed by atoms with Gasteiger partial charge in [0, 0.05) is 29.3 Å². The lowest BCUT2D eigenvalue weighted by molar-refractivity contribution is 0.0760.